The molecular weight excluding hydrogens is 321 g/mol. The average molecular weight is 341 g/mol. The minimum Gasteiger partial charge on any atom is -0.467 e. The van der Waals surface area contributed by atoms with Gasteiger partial charge in [-0.3, -0.25) is 10.0 Å². The van der Waals surface area contributed by atoms with Gasteiger partial charge in [0.05, 0.1) is 7.11 Å². The van der Waals surface area contributed by atoms with Crippen LogP contribution >= 0.6 is 8.38 Å². The number of rotatable bonds is 6. The fraction of sp³-hybridized carbons (Fsp3) is 0.467. The van der Waals surface area contributed by atoms with Gasteiger partial charge in [-0.2, -0.15) is 0 Å². The number of methoxy groups -OCH3 is 1. The highest BCUT2D eigenvalue weighted by Gasteiger charge is 2.38. The van der Waals surface area contributed by atoms with Gasteiger partial charge in [-0.25, -0.2) is 9.86 Å². The molecule has 0 aliphatic carbocycles. The maximum absolute atomic E-state index is 12.1. The van der Waals surface area contributed by atoms with Crippen molar-refractivity contribution in [2.24, 2.45) is 0 Å². The summed E-state index contributed by atoms with van der Waals surface area (Å²) >= 11 is 0. The molecule has 0 spiro atoms. The van der Waals surface area contributed by atoms with E-state index in [1.54, 1.807) is 12.1 Å². The summed E-state index contributed by atoms with van der Waals surface area (Å²) in [7, 11) is -0.461. The highest BCUT2D eigenvalue weighted by atomic mass is 31.2. The molecule has 1 aromatic rings. The summed E-state index contributed by atoms with van der Waals surface area (Å²) in [4.78, 5) is 23.4. The summed E-state index contributed by atoms with van der Waals surface area (Å²) in [5.41, 5.74) is 0.460. The Morgan fingerprint density at radius 3 is 2.74 bits per heavy atom. The third kappa shape index (κ3) is 4.89. The Kier molecular flexibility index (Phi) is 6.33. The van der Waals surface area contributed by atoms with Crippen molar-refractivity contribution in [3.05, 3.63) is 29.8 Å². The topological polar surface area (TPSA) is 85.3 Å². The summed E-state index contributed by atoms with van der Waals surface area (Å²) in [6.07, 6.45) is 1.18. The highest BCUT2D eigenvalue weighted by Crippen LogP contribution is 2.47. The third-order valence-corrected chi connectivity index (χ3v) is 5.16. The number of aryl methyl sites for hydroxylation is 1. The molecular formula is C15H20NO6P. The Balaban J connectivity index is 2.11. The number of carbonyl (C=O) groups is 2. The number of benzene rings is 1. The minimum absolute atomic E-state index is 0.292. The second kappa shape index (κ2) is 8.24. The molecule has 7 nitrogen and oxygen atoms in total. The first-order valence-electron chi connectivity index (χ1n) is 7.25. The summed E-state index contributed by atoms with van der Waals surface area (Å²) in [5.74, 6) is -0.442. The van der Waals surface area contributed by atoms with Crippen molar-refractivity contribution < 1.29 is 28.6 Å². The van der Waals surface area contributed by atoms with Crippen molar-refractivity contribution in [1.82, 2.24) is 5.06 Å². The number of hydrogen-bond acceptors (Lipinski definition) is 6. The first-order chi connectivity index (χ1) is 11.0. The minimum atomic E-state index is -1.72. The van der Waals surface area contributed by atoms with Gasteiger partial charge >= 0.3 is 5.97 Å². The van der Waals surface area contributed by atoms with Crippen LogP contribution in [0, 0.1) is 6.92 Å². The second-order valence-electron chi connectivity index (χ2n) is 5.16. The van der Waals surface area contributed by atoms with Crippen LogP contribution in [0.3, 0.4) is 0 Å². The number of carbonyl (C=O) groups excluding carboxylic acids is 2. The van der Waals surface area contributed by atoms with Gasteiger partial charge in [-0.05, 0) is 31.9 Å². The number of hydrogen-bond donors (Lipinski definition) is 1. The van der Waals surface area contributed by atoms with Gasteiger partial charge < -0.3 is 13.8 Å². The zero-order valence-corrected chi connectivity index (χ0v) is 14.0. The van der Waals surface area contributed by atoms with E-state index in [1.807, 2.05) is 19.1 Å². The van der Waals surface area contributed by atoms with E-state index in [1.165, 1.54) is 7.11 Å². The first kappa shape index (κ1) is 17.7. The molecule has 1 heterocycles. The molecule has 1 aliphatic rings. The van der Waals surface area contributed by atoms with Crippen LogP contribution in [-0.4, -0.2) is 48.1 Å². The monoisotopic (exact) mass is 341 g/mol. The van der Waals surface area contributed by atoms with E-state index >= 15 is 0 Å². The van der Waals surface area contributed by atoms with Gasteiger partial charge in [-0.1, -0.05) is 17.7 Å². The maximum Gasteiger partial charge on any atom is 0.332 e. The van der Waals surface area contributed by atoms with Gasteiger partial charge in [0.15, 0.2) is 6.61 Å². The molecule has 2 rings (SSSR count). The largest absolute Gasteiger partial charge is 0.467 e. The molecule has 0 saturated carbocycles. The van der Waals surface area contributed by atoms with Crippen molar-refractivity contribution in [2.75, 3.05) is 20.3 Å². The predicted octanol–water partition coefficient (Wildman–Crippen LogP) is 2.26. The number of nitrogens with zero attached hydrogens (tertiary/aromatic N) is 1. The van der Waals surface area contributed by atoms with Crippen molar-refractivity contribution in [3.63, 3.8) is 0 Å². The first-order valence-corrected chi connectivity index (χ1v) is 8.50. The Labute approximate surface area is 136 Å². The van der Waals surface area contributed by atoms with Gasteiger partial charge in [0.2, 0.25) is 8.38 Å². The van der Waals surface area contributed by atoms with Gasteiger partial charge in [0, 0.05) is 6.54 Å². The lowest BCUT2D eigenvalue weighted by Gasteiger charge is -2.31. The van der Waals surface area contributed by atoms with Crippen molar-refractivity contribution in [1.29, 1.82) is 0 Å². The van der Waals surface area contributed by atoms with Crippen LogP contribution in [0.4, 0.5) is 0 Å². The van der Waals surface area contributed by atoms with E-state index in [-0.39, 0.29) is 6.61 Å². The average Bonchev–Trinajstić information content (AvgIpc) is 2.55. The van der Waals surface area contributed by atoms with Crippen LogP contribution in [0.2, 0.25) is 0 Å². The van der Waals surface area contributed by atoms with Crippen LogP contribution in [0.1, 0.15) is 18.4 Å². The summed E-state index contributed by atoms with van der Waals surface area (Å²) in [5, 5.41) is 10.3. The molecule has 1 amide bonds. The molecule has 1 saturated heterocycles. The normalized spacial score (nSPS) is 19.3. The number of amides is 1. The molecule has 0 bridgehead atoms. The Bertz CT molecular complexity index is 549. The second-order valence-corrected chi connectivity index (χ2v) is 6.79. The number of esters is 1. The standard InChI is InChI=1S/C15H20NO6P/c1-11-5-7-12(8-6-11)22-23(21-10-14(17)20-2)13-4-3-9-16(19)15(13)18/h5-8,13,19H,3-4,9-10H2,1-2H3. The van der Waals surface area contributed by atoms with E-state index in [0.717, 1.165) is 5.56 Å². The zero-order valence-electron chi connectivity index (χ0n) is 13.1. The summed E-state index contributed by atoms with van der Waals surface area (Å²) < 4.78 is 15.8. The van der Waals surface area contributed by atoms with Crippen molar-refractivity contribution in [2.45, 2.75) is 25.4 Å². The van der Waals surface area contributed by atoms with Crippen molar-refractivity contribution in [3.8, 4) is 5.75 Å². The predicted molar refractivity (Wildman–Crippen MR) is 83.2 cm³/mol. The van der Waals surface area contributed by atoms with Gasteiger partial charge in [0.1, 0.15) is 11.4 Å². The number of ether oxygens (including phenoxy) is 1. The van der Waals surface area contributed by atoms with E-state index in [2.05, 4.69) is 4.74 Å². The van der Waals surface area contributed by atoms with Crippen LogP contribution in [0.5, 0.6) is 5.75 Å². The Hall–Kier alpha value is -1.69. The van der Waals surface area contributed by atoms with Crippen molar-refractivity contribution >= 4 is 20.3 Å². The van der Waals surface area contributed by atoms with E-state index in [9.17, 15) is 14.8 Å². The molecule has 8 heteroatoms. The Morgan fingerprint density at radius 1 is 1.39 bits per heavy atom. The number of piperidine rings is 1. The fourth-order valence-electron chi connectivity index (χ4n) is 2.09. The Morgan fingerprint density at radius 2 is 2.09 bits per heavy atom. The molecule has 1 aliphatic heterocycles. The molecule has 2 atom stereocenters. The van der Waals surface area contributed by atoms with Crippen LogP contribution in [-0.2, 0) is 18.8 Å². The quantitative estimate of drug-likeness (QED) is 0.485. The molecule has 1 N–H and O–H groups in total. The molecule has 0 aromatic heterocycles. The van der Waals surface area contributed by atoms with Gasteiger partial charge in [0.25, 0.3) is 5.91 Å². The highest BCUT2D eigenvalue weighted by molar-refractivity contribution is 7.49. The number of hydroxylamine groups is 2. The zero-order chi connectivity index (χ0) is 16.8. The maximum atomic E-state index is 12.1. The summed E-state index contributed by atoms with van der Waals surface area (Å²) in [6, 6.07) is 7.31. The van der Waals surface area contributed by atoms with Crippen LogP contribution < -0.4 is 4.52 Å². The van der Waals surface area contributed by atoms with Crippen LogP contribution in [0.15, 0.2) is 24.3 Å². The molecule has 0 radical (unpaired) electrons. The summed E-state index contributed by atoms with van der Waals surface area (Å²) in [6.45, 7) is 1.94. The third-order valence-electron chi connectivity index (χ3n) is 3.40. The SMILES string of the molecule is COC(=O)COP(Oc1ccc(C)cc1)C1CCCN(O)C1=O. The van der Waals surface area contributed by atoms with Gasteiger partial charge in [-0.15, -0.1) is 0 Å². The molecule has 126 valence electrons. The smallest absolute Gasteiger partial charge is 0.332 e. The lowest BCUT2D eigenvalue weighted by Crippen LogP contribution is -2.42. The van der Waals surface area contributed by atoms with Crippen LogP contribution in [0.25, 0.3) is 0 Å². The van der Waals surface area contributed by atoms with E-state index in [0.29, 0.717) is 30.2 Å². The molecule has 1 fully saturated rings. The lowest BCUT2D eigenvalue weighted by atomic mass is 10.1. The lowest BCUT2D eigenvalue weighted by molar-refractivity contribution is -0.169. The molecule has 1 aromatic carbocycles. The fourth-order valence-corrected chi connectivity index (χ4v) is 3.72. The van der Waals surface area contributed by atoms with E-state index in [4.69, 9.17) is 9.05 Å². The molecule has 2 unspecified atom stereocenters. The molecule has 23 heavy (non-hydrogen) atoms. The van der Waals surface area contributed by atoms with E-state index < -0.39 is 25.9 Å².